The fourth-order valence-electron chi connectivity index (χ4n) is 4.00. The van der Waals surface area contributed by atoms with Crippen molar-refractivity contribution in [3.8, 4) is 6.07 Å². The standard InChI is InChI=1S/C23H23FN4O2S/c24-17-10-12-18(13-11-17)31(29,30)21(14-25)22-23(26-15-16-6-2-1-3-7-16)28-20-9-5-4-8-19(20)27-22/h4-5,8-13,16,21H,1-3,6-7,15H2,(H,26,28)/t21-/m1/s1. The summed E-state index contributed by atoms with van der Waals surface area (Å²) in [5.74, 6) is 0.235. The molecule has 1 heterocycles. The maximum Gasteiger partial charge on any atom is 0.200 e. The molecule has 1 aliphatic rings. The molecule has 1 fully saturated rings. The van der Waals surface area contributed by atoms with Crippen LogP contribution >= 0.6 is 0 Å². The number of rotatable bonds is 6. The molecule has 1 aliphatic carbocycles. The maximum absolute atomic E-state index is 13.3. The summed E-state index contributed by atoms with van der Waals surface area (Å²) in [6, 6.07) is 13.5. The minimum Gasteiger partial charge on any atom is -0.368 e. The van der Waals surface area contributed by atoms with Crippen LogP contribution in [-0.2, 0) is 9.84 Å². The molecule has 0 unspecified atom stereocenters. The molecule has 1 atom stereocenters. The molecule has 0 aliphatic heterocycles. The van der Waals surface area contributed by atoms with Crippen LogP contribution in [0.2, 0.25) is 0 Å². The molecular weight excluding hydrogens is 415 g/mol. The first kappa shape index (κ1) is 21.2. The average molecular weight is 439 g/mol. The zero-order valence-electron chi connectivity index (χ0n) is 17.0. The zero-order valence-corrected chi connectivity index (χ0v) is 17.8. The van der Waals surface area contributed by atoms with Crippen LogP contribution in [0.1, 0.15) is 43.0 Å². The van der Waals surface area contributed by atoms with Crippen LogP contribution in [0.25, 0.3) is 11.0 Å². The highest BCUT2D eigenvalue weighted by molar-refractivity contribution is 7.92. The van der Waals surface area contributed by atoms with Crippen LogP contribution in [0.4, 0.5) is 10.2 Å². The van der Waals surface area contributed by atoms with E-state index < -0.39 is 20.9 Å². The molecule has 6 nitrogen and oxygen atoms in total. The van der Waals surface area contributed by atoms with E-state index in [2.05, 4.69) is 15.3 Å². The topological polar surface area (TPSA) is 95.7 Å². The van der Waals surface area contributed by atoms with Crippen molar-refractivity contribution in [1.82, 2.24) is 9.97 Å². The van der Waals surface area contributed by atoms with E-state index in [-0.39, 0.29) is 10.6 Å². The van der Waals surface area contributed by atoms with Gasteiger partial charge in [0.2, 0.25) is 9.84 Å². The van der Waals surface area contributed by atoms with E-state index >= 15 is 0 Å². The fraction of sp³-hybridized carbons (Fsp3) is 0.348. The SMILES string of the molecule is N#C[C@H](c1nc2ccccc2nc1NCC1CCCCC1)S(=O)(=O)c1ccc(F)cc1. The summed E-state index contributed by atoms with van der Waals surface area (Å²) in [6.07, 6.45) is 5.83. The minimum absolute atomic E-state index is 0.0707. The number of halogens is 1. The summed E-state index contributed by atoms with van der Waals surface area (Å²) in [4.78, 5) is 8.99. The molecule has 0 amide bonds. The Morgan fingerprint density at radius 2 is 1.68 bits per heavy atom. The van der Waals surface area contributed by atoms with Gasteiger partial charge in [0.15, 0.2) is 11.1 Å². The number of benzene rings is 2. The van der Waals surface area contributed by atoms with E-state index in [0.717, 1.165) is 25.0 Å². The number of hydrogen-bond acceptors (Lipinski definition) is 6. The minimum atomic E-state index is -4.13. The molecule has 0 spiro atoms. The highest BCUT2D eigenvalue weighted by Crippen LogP contribution is 2.33. The van der Waals surface area contributed by atoms with Gasteiger partial charge in [0.25, 0.3) is 0 Å². The molecule has 8 heteroatoms. The summed E-state index contributed by atoms with van der Waals surface area (Å²) in [5.41, 5.74) is 1.20. The number of anilines is 1. The van der Waals surface area contributed by atoms with Gasteiger partial charge in [0.1, 0.15) is 11.5 Å². The Labute approximate surface area is 181 Å². The van der Waals surface area contributed by atoms with Gasteiger partial charge >= 0.3 is 0 Å². The predicted molar refractivity (Wildman–Crippen MR) is 117 cm³/mol. The van der Waals surface area contributed by atoms with Crippen LogP contribution < -0.4 is 5.32 Å². The van der Waals surface area contributed by atoms with Gasteiger partial charge in [-0.3, -0.25) is 0 Å². The van der Waals surface area contributed by atoms with Crippen molar-refractivity contribution >= 4 is 26.7 Å². The average Bonchev–Trinajstić information content (AvgIpc) is 2.79. The monoisotopic (exact) mass is 438 g/mol. The zero-order chi connectivity index (χ0) is 21.8. The molecule has 0 bridgehead atoms. The molecule has 31 heavy (non-hydrogen) atoms. The van der Waals surface area contributed by atoms with Gasteiger partial charge in [-0.25, -0.2) is 22.8 Å². The van der Waals surface area contributed by atoms with E-state index in [4.69, 9.17) is 0 Å². The van der Waals surface area contributed by atoms with Gasteiger partial charge in [-0.15, -0.1) is 0 Å². The molecule has 1 aromatic heterocycles. The largest absolute Gasteiger partial charge is 0.368 e. The summed E-state index contributed by atoms with van der Waals surface area (Å²) in [7, 11) is -4.13. The van der Waals surface area contributed by atoms with E-state index in [1.54, 1.807) is 18.2 Å². The Morgan fingerprint density at radius 3 is 2.32 bits per heavy atom. The Morgan fingerprint density at radius 1 is 1.03 bits per heavy atom. The third-order valence-corrected chi connectivity index (χ3v) is 7.58. The highest BCUT2D eigenvalue weighted by Gasteiger charge is 2.33. The van der Waals surface area contributed by atoms with Crippen molar-refractivity contribution in [1.29, 1.82) is 5.26 Å². The number of aromatic nitrogens is 2. The molecule has 1 N–H and O–H groups in total. The molecule has 0 saturated heterocycles. The number of hydrogen-bond donors (Lipinski definition) is 1. The lowest BCUT2D eigenvalue weighted by molar-refractivity contribution is 0.373. The number of sulfone groups is 1. The summed E-state index contributed by atoms with van der Waals surface area (Å²) >= 11 is 0. The van der Waals surface area contributed by atoms with Crippen molar-refractivity contribution in [2.45, 2.75) is 42.2 Å². The fourth-order valence-corrected chi connectivity index (χ4v) is 5.38. The van der Waals surface area contributed by atoms with Gasteiger partial charge in [-0.1, -0.05) is 31.4 Å². The number of para-hydroxylation sites is 2. The van der Waals surface area contributed by atoms with Crippen LogP contribution in [-0.4, -0.2) is 24.9 Å². The quantitative estimate of drug-likeness (QED) is 0.556. The summed E-state index contributed by atoms with van der Waals surface area (Å²) in [6.45, 7) is 0.648. The first-order valence-corrected chi connectivity index (χ1v) is 11.9. The van der Waals surface area contributed by atoms with Crippen LogP contribution in [0, 0.1) is 23.1 Å². The highest BCUT2D eigenvalue weighted by atomic mass is 32.2. The third-order valence-electron chi connectivity index (χ3n) is 5.70. The first-order valence-electron chi connectivity index (χ1n) is 10.4. The number of nitrogens with one attached hydrogen (secondary N) is 1. The molecule has 4 rings (SSSR count). The Kier molecular flexibility index (Phi) is 6.14. The number of fused-ring (bicyclic) bond motifs is 1. The van der Waals surface area contributed by atoms with Crippen LogP contribution in [0.5, 0.6) is 0 Å². The summed E-state index contributed by atoms with van der Waals surface area (Å²) in [5, 5.41) is 11.6. The maximum atomic E-state index is 13.3. The number of nitriles is 1. The van der Waals surface area contributed by atoms with E-state index in [9.17, 15) is 18.1 Å². The van der Waals surface area contributed by atoms with Crippen molar-refractivity contribution in [2.24, 2.45) is 5.92 Å². The molecule has 0 radical (unpaired) electrons. The van der Waals surface area contributed by atoms with E-state index in [1.807, 2.05) is 12.1 Å². The normalized spacial score (nSPS) is 16.0. The van der Waals surface area contributed by atoms with Crippen molar-refractivity contribution in [2.75, 3.05) is 11.9 Å². The van der Waals surface area contributed by atoms with Gasteiger partial charge in [-0.05, 0) is 55.2 Å². The number of nitrogens with zero attached hydrogens (tertiary/aromatic N) is 3. The van der Waals surface area contributed by atoms with Gasteiger partial charge in [0, 0.05) is 6.54 Å². The van der Waals surface area contributed by atoms with Crippen LogP contribution in [0.15, 0.2) is 53.4 Å². The van der Waals surface area contributed by atoms with Crippen molar-refractivity contribution in [3.63, 3.8) is 0 Å². The molecule has 2 aromatic carbocycles. The molecular formula is C23H23FN4O2S. The smallest absolute Gasteiger partial charge is 0.200 e. The lowest BCUT2D eigenvalue weighted by Crippen LogP contribution is -2.21. The Bertz CT molecular complexity index is 1220. The van der Waals surface area contributed by atoms with Crippen molar-refractivity contribution < 1.29 is 12.8 Å². The first-order chi connectivity index (χ1) is 15.0. The molecule has 1 saturated carbocycles. The molecule has 160 valence electrons. The second kappa shape index (κ2) is 8.98. The Hall–Kier alpha value is -3.05. The third kappa shape index (κ3) is 4.52. The Balaban J connectivity index is 1.75. The van der Waals surface area contributed by atoms with Gasteiger partial charge in [0.05, 0.1) is 22.0 Å². The lowest BCUT2D eigenvalue weighted by atomic mass is 9.89. The van der Waals surface area contributed by atoms with E-state index in [1.165, 1.54) is 31.4 Å². The van der Waals surface area contributed by atoms with Gasteiger partial charge < -0.3 is 5.32 Å². The van der Waals surface area contributed by atoms with E-state index in [0.29, 0.717) is 29.3 Å². The predicted octanol–water partition coefficient (Wildman–Crippen LogP) is 4.80. The van der Waals surface area contributed by atoms with Crippen LogP contribution in [0.3, 0.4) is 0 Å². The molecule has 3 aromatic rings. The second-order valence-electron chi connectivity index (χ2n) is 7.84. The summed E-state index contributed by atoms with van der Waals surface area (Å²) < 4.78 is 39.8. The van der Waals surface area contributed by atoms with Crippen molar-refractivity contribution in [3.05, 3.63) is 60.0 Å². The second-order valence-corrected chi connectivity index (χ2v) is 9.87. The lowest BCUT2D eigenvalue weighted by Gasteiger charge is -2.23. The van der Waals surface area contributed by atoms with Gasteiger partial charge in [-0.2, -0.15) is 5.26 Å².